The van der Waals surface area contributed by atoms with E-state index in [-0.39, 0.29) is 34.2 Å². The standard InChI is InChI=1S/C20H27N10O22P3/c21-19-25-12-6(14(35)27-19)23-2-29(12)16-9(32)8(31)5(45-16)1-43-48-51-55(41,42)52-49-50-53(37,38)4-44-54(39,40)47-18-11(34)10(33)17(46-18)30-3-24-7-13(30)26-20(22)28-15(7)36/h2-3,5,8-11,16-18,31-34H,1,4H2,(H,37,38)(H,39,40)(H,41,42)(H3,21,25,27,35)(H3,22,26,28,36)/t5-,8-,9-,10-,11+,16-,17-,18-/m1/s1. The zero-order valence-corrected chi connectivity index (χ0v) is 29.3. The van der Waals surface area contributed by atoms with Gasteiger partial charge in [0, 0.05) is 0 Å². The number of imidazole rings is 2. The van der Waals surface area contributed by atoms with Gasteiger partial charge in [-0.15, -0.1) is 4.67 Å². The fourth-order valence-electron chi connectivity index (χ4n) is 4.90. The average Bonchev–Trinajstić information content (AvgIpc) is 3.84. The van der Waals surface area contributed by atoms with Crippen LogP contribution in [-0.4, -0.2) is 124 Å². The first-order valence-electron chi connectivity index (χ1n) is 14.6. The van der Waals surface area contributed by atoms with Crippen LogP contribution in [0.15, 0.2) is 22.2 Å². The molecule has 2 aliphatic heterocycles. The predicted octanol–water partition coefficient (Wildman–Crippen LogP) is -4.25. The average molecular weight is 852 g/mol. The number of phosphoric acid groups is 2. The van der Waals surface area contributed by atoms with Crippen molar-refractivity contribution in [2.75, 3.05) is 24.4 Å². The first-order chi connectivity index (χ1) is 25.8. The molecule has 32 nitrogen and oxygen atoms in total. The second-order valence-corrected chi connectivity index (χ2v) is 15.4. The molecule has 0 radical (unpaired) electrons. The minimum absolute atomic E-state index is 0.100. The molecule has 2 saturated heterocycles. The molecule has 0 amide bonds. The van der Waals surface area contributed by atoms with Crippen molar-refractivity contribution in [1.82, 2.24) is 39.0 Å². The number of aliphatic hydroxyl groups excluding tert-OH is 4. The summed E-state index contributed by atoms with van der Waals surface area (Å²) in [6.45, 7) is -0.794. The van der Waals surface area contributed by atoms with Gasteiger partial charge in [-0.25, -0.2) is 24.0 Å². The zero-order chi connectivity index (χ0) is 40.0. The Morgan fingerprint density at radius 3 is 1.85 bits per heavy atom. The molecule has 304 valence electrons. The van der Waals surface area contributed by atoms with Gasteiger partial charge in [-0.05, 0) is 5.04 Å². The van der Waals surface area contributed by atoms with Gasteiger partial charge in [0.15, 0.2) is 47.4 Å². The van der Waals surface area contributed by atoms with Gasteiger partial charge in [-0.2, -0.15) is 9.97 Å². The highest BCUT2D eigenvalue weighted by Crippen LogP contribution is 2.54. The summed E-state index contributed by atoms with van der Waals surface area (Å²) >= 11 is 0. The van der Waals surface area contributed by atoms with Crippen molar-refractivity contribution in [3.05, 3.63) is 33.4 Å². The van der Waals surface area contributed by atoms with Gasteiger partial charge in [-0.1, -0.05) is 14.4 Å². The molecular formula is C20H27N10O22P3. The zero-order valence-electron chi connectivity index (χ0n) is 26.6. The lowest BCUT2D eigenvalue weighted by atomic mass is 10.1. The van der Waals surface area contributed by atoms with Crippen molar-refractivity contribution < 1.29 is 96.3 Å². The minimum Gasteiger partial charge on any atom is -0.387 e. The van der Waals surface area contributed by atoms with Gasteiger partial charge in [-0.3, -0.25) is 47.2 Å². The van der Waals surface area contributed by atoms with Gasteiger partial charge in [0.1, 0.15) is 37.1 Å². The molecule has 0 aromatic carbocycles. The number of nitrogen functional groups attached to an aromatic ring is 2. The smallest absolute Gasteiger partial charge is 0.387 e. The summed E-state index contributed by atoms with van der Waals surface area (Å²) < 4.78 is 69.8. The fraction of sp³-hybridized carbons (Fsp3) is 0.500. The highest BCUT2D eigenvalue weighted by Gasteiger charge is 2.49. The van der Waals surface area contributed by atoms with E-state index in [0.717, 1.165) is 21.8 Å². The molecule has 6 heterocycles. The number of rotatable bonds is 16. The Bertz CT molecular complexity index is 2300. The maximum Gasteiger partial charge on any atom is 0.531 e. The molecular weight excluding hydrogens is 825 g/mol. The fourth-order valence-corrected chi connectivity index (χ4v) is 7.03. The van der Waals surface area contributed by atoms with Crippen molar-refractivity contribution in [3.63, 3.8) is 0 Å². The van der Waals surface area contributed by atoms with Crippen LogP contribution in [0.5, 0.6) is 0 Å². The molecule has 55 heavy (non-hydrogen) atoms. The first kappa shape index (κ1) is 41.0. The first-order valence-corrected chi connectivity index (χ1v) is 19.3. The number of nitrogens with one attached hydrogen (secondary N) is 2. The molecule has 0 aliphatic carbocycles. The number of nitrogens with zero attached hydrogens (tertiary/aromatic N) is 6. The van der Waals surface area contributed by atoms with Crippen LogP contribution in [-0.2, 0) is 61.2 Å². The van der Waals surface area contributed by atoms with Crippen molar-refractivity contribution >= 4 is 57.5 Å². The lowest BCUT2D eigenvalue weighted by molar-refractivity contribution is -0.493. The van der Waals surface area contributed by atoms with E-state index < -0.39 is 96.6 Å². The quantitative estimate of drug-likeness (QED) is 0.0220. The molecule has 4 aromatic rings. The summed E-state index contributed by atoms with van der Waals surface area (Å²) in [5.41, 5.74) is 8.89. The van der Waals surface area contributed by atoms with Gasteiger partial charge in [0.25, 0.3) is 11.1 Å². The second-order valence-electron chi connectivity index (χ2n) is 11.1. The number of hydrogen-bond donors (Lipinski definition) is 11. The number of aromatic amines is 2. The predicted molar refractivity (Wildman–Crippen MR) is 165 cm³/mol. The molecule has 2 fully saturated rings. The molecule has 13 N–H and O–H groups in total. The van der Waals surface area contributed by atoms with E-state index in [4.69, 9.17) is 20.9 Å². The van der Waals surface area contributed by atoms with Gasteiger partial charge >= 0.3 is 23.2 Å². The number of aliphatic hydroxyl groups is 4. The summed E-state index contributed by atoms with van der Waals surface area (Å²) in [5.74, 6) is -0.618. The Kier molecular flexibility index (Phi) is 11.7. The van der Waals surface area contributed by atoms with E-state index in [1.165, 1.54) is 0 Å². The number of anilines is 2. The lowest BCUT2D eigenvalue weighted by Crippen LogP contribution is -2.33. The third-order valence-electron chi connectivity index (χ3n) is 7.28. The molecule has 4 aromatic heterocycles. The van der Waals surface area contributed by atoms with Gasteiger partial charge in [0.2, 0.25) is 11.9 Å². The van der Waals surface area contributed by atoms with Crippen molar-refractivity contribution in [3.8, 4) is 0 Å². The monoisotopic (exact) mass is 852 g/mol. The van der Waals surface area contributed by atoms with Crippen molar-refractivity contribution in [2.45, 2.75) is 49.3 Å². The molecule has 0 saturated carbocycles. The third kappa shape index (κ3) is 8.99. The number of hydrogen-bond acceptors (Lipinski definition) is 25. The largest absolute Gasteiger partial charge is 0.531 e. The maximum absolute atomic E-state index is 12.4. The number of phosphoric ester groups is 1. The number of fused-ring (bicyclic) bond motifs is 2. The van der Waals surface area contributed by atoms with Crippen LogP contribution in [0.1, 0.15) is 12.5 Å². The van der Waals surface area contributed by atoms with Gasteiger partial charge < -0.3 is 51.2 Å². The van der Waals surface area contributed by atoms with Crippen LogP contribution in [0, 0.1) is 0 Å². The Morgan fingerprint density at radius 1 is 0.745 bits per heavy atom. The summed E-state index contributed by atoms with van der Waals surface area (Å²) in [4.78, 5) is 77.7. The molecule has 0 bridgehead atoms. The Labute approximate surface area is 300 Å². The lowest BCUT2D eigenvalue weighted by Gasteiger charge is -2.19. The summed E-state index contributed by atoms with van der Waals surface area (Å²) in [6.07, 6.45) is -13.5. The Hall–Kier alpha value is -3.69. The molecule has 3 unspecified atom stereocenters. The van der Waals surface area contributed by atoms with E-state index in [9.17, 15) is 58.4 Å². The van der Waals surface area contributed by atoms with E-state index in [1.807, 2.05) is 0 Å². The number of ether oxygens (including phenoxy) is 2. The normalized spacial score (nSPS) is 29.1. The van der Waals surface area contributed by atoms with E-state index in [1.54, 1.807) is 0 Å². The van der Waals surface area contributed by atoms with Crippen LogP contribution >= 0.6 is 23.2 Å². The highest BCUT2D eigenvalue weighted by molar-refractivity contribution is 7.54. The minimum atomic E-state index is -5.51. The summed E-state index contributed by atoms with van der Waals surface area (Å²) in [5, 5.41) is 49.2. The van der Waals surface area contributed by atoms with Crippen LogP contribution in [0.4, 0.5) is 11.9 Å². The number of H-pyrrole nitrogens is 2. The number of aromatic nitrogens is 8. The number of nitrogens with two attached hydrogens (primary N) is 2. The van der Waals surface area contributed by atoms with Crippen LogP contribution < -0.4 is 22.6 Å². The summed E-state index contributed by atoms with van der Waals surface area (Å²) in [6, 6.07) is 0. The Morgan fingerprint density at radius 2 is 1.27 bits per heavy atom. The van der Waals surface area contributed by atoms with E-state index >= 15 is 0 Å². The molecule has 6 rings (SSSR count). The molecule has 11 atom stereocenters. The van der Waals surface area contributed by atoms with Crippen LogP contribution in [0.25, 0.3) is 22.3 Å². The molecule has 35 heteroatoms. The van der Waals surface area contributed by atoms with Crippen LogP contribution in [0.3, 0.4) is 0 Å². The van der Waals surface area contributed by atoms with E-state index in [2.05, 4.69) is 67.9 Å². The Balaban J connectivity index is 0.926. The SMILES string of the molecule is Nc1nc2c(ncn2[C@@H]2O[C@H](OP(=O)(O)OCP(=O)(O)OOOP(=O)(O)OOOC[C@H]3O[C@@H](n4cnc5c(=O)[nH]c(N)nc54)[C@H](O)[C@@H]3O)[C@@H](O)[C@H]2O)c(=O)[nH]1. The molecule has 0 spiro atoms. The second kappa shape index (κ2) is 15.7. The summed E-state index contributed by atoms with van der Waals surface area (Å²) in [7, 11) is -16.3. The third-order valence-corrected chi connectivity index (χ3v) is 9.66. The topological polar surface area (TPSA) is 464 Å². The molecule has 2 aliphatic rings. The highest BCUT2D eigenvalue weighted by atomic mass is 31.2. The van der Waals surface area contributed by atoms with Crippen molar-refractivity contribution in [2.24, 2.45) is 0 Å². The maximum atomic E-state index is 12.4. The van der Waals surface area contributed by atoms with Gasteiger partial charge in [0.05, 0.1) is 12.7 Å². The van der Waals surface area contributed by atoms with Crippen molar-refractivity contribution in [1.29, 1.82) is 0 Å². The van der Waals surface area contributed by atoms with E-state index in [0.29, 0.717) is 0 Å². The van der Waals surface area contributed by atoms with Crippen LogP contribution in [0.2, 0.25) is 0 Å².